The Labute approximate surface area is 166 Å². The van der Waals surface area contributed by atoms with E-state index in [-0.39, 0.29) is 18.4 Å². The van der Waals surface area contributed by atoms with Crippen molar-refractivity contribution in [2.45, 2.75) is 13.8 Å². The summed E-state index contributed by atoms with van der Waals surface area (Å²) in [5.41, 5.74) is 3.68. The minimum Gasteiger partial charge on any atom is -0.490 e. The topological polar surface area (TPSA) is 58.6 Å². The van der Waals surface area contributed by atoms with E-state index in [1.807, 2.05) is 56.3 Å². The molecule has 2 rings (SSSR count). The van der Waals surface area contributed by atoms with Gasteiger partial charge in [0.25, 0.3) is 0 Å². The number of carbonyl (C=O) groups excluding carboxylic acids is 2. The summed E-state index contributed by atoms with van der Waals surface area (Å²) in [6.07, 6.45) is 4.84. The van der Waals surface area contributed by atoms with Crippen molar-refractivity contribution in [3.8, 4) is 5.75 Å². The molecule has 0 heterocycles. The van der Waals surface area contributed by atoms with Gasteiger partial charge in [-0.15, -0.1) is 0 Å². The Morgan fingerprint density at radius 1 is 1.14 bits per heavy atom. The second-order valence-corrected chi connectivity index (χ2v) is 6.56. The summed E-state index contributed by atoms with van der Waals surface area (Å²) in [6.45, 7) is 7.92. The first-order valence-corrected chi connectivity index (χ1v) is 9.03. The van der Waals surface area contributed by atoms with Gasteiger partial charge in [-0.25, -0.2) is 0 Å². The van der Waals surface area contributed by atoms with E-state index in [1.165, 1.54) is 11.0 Å². The maximum Gasteiger partial charge on any atom is 0.246 e. The van der Waals surface area contributed by atoms with E-state index < -0.39 is 0 Å². The fraction of sp³-hybridized carbons (Fsp3) is 0.217. The van der Waals surface area contributed by atoms with E-state index in [4.69, 9.17) is 4.74 Å². The molecule has 2 aromatic rings. The van der Waals surface area contributed by atoms with Gasteiger partial charge >= 0.3 is 0 Å². The normalized spacial score (nSPS) is 10.5. The molecule has 0 fully saturated rings. The number of nitrogens with zero attached hydrogens (tertiary/aromatic N) is 1. The van der Waals surface area contributed by atoms with Gasteiger partial charge in [0.2, 0.25) is 11.8 Å². The Bertz CT molecular complexity index is 870. The molecule has 28 heavy (non-hydrogen) atoms. The number of ether oxygens (including phenoxy) is 1. The lowest BCUT2D eigenvalue weighted by molar-refractivity contribution is -0.129. The minimum absolute atomic E-state index is 0.0229. The van der Waals surface area contributed by atoms with Crippen molar-refractivity contribution in [1.29, 1.82) is 0 Å². The third-order valence-corrected chi connectivity index (χ3v) is 4.09. The smallest absolute Gasteiger partial charge is 0.246 e. The monoisotopic (exact) mass is 378 g/mol. The summed E-state index contributed by atoms with van der Waals surface area (Å²) in [5, 5.41) is 2.86. The summed E-state index contributed by atoms with van der Waals surface area (Å²) in [6, 6.07) is 13.2. The molecule has 0 unspecified atom stereocenters. The lowest BCUT2D eigenvalue weighted by atomic mass is 10.1. The first-order chi connectivity index (χ1) is 13.4. The van der Waals surface area contributed by atoms with E-state index in [1.54, 1.807) is 19.2 Å². The zero-order valence-corrected chi connectivity index (χ0v) is 16.6. The third-order valence-electron chi connectivity index (χ3n) is 4.09. The molecule has 0 spiro atoms. The van der Waals surface area contributed by atoms with E-state index in [0.29, 0.717) is 6.61 Å². The van der Waals surface area contributed by atoms with Crippen LogP contribution in [0.15, 0.2) is 61.2 Å². The standard InChI is InChI=1S/C23H26N2O3/c1-5-14-28-20-11-8-19(9-12-20)10-13-23(27)25(4)16-22(26)24-21-15-17(2)6-7-18(21)3/h5-13,15H,1,14,16H2,2-4H3,(H,24,26)/b13-10+. The summed E-state index contributed by atoms with van der Waals surface area (Å²) < 4.78 is 5.42. The van der Waals surface area contributed by atoms with Crippen LogP contribution < -0.4 is 10.1 Å². The number of rotatable bonds is 8. The Balaban J connectivity index is 1.89. The van der Waals surface area contributed by atoms with Crippen LogP contribution in [0.25, 0.3) is 6.08 Å². The number of carbonyl (C=O) groups is 2. The molecule has 0 saturated carbocycles. The molecule has 2 amide bonds. The van der Waals surface area contributed by atoms with Crippen LogP contribution in [-0.2, 0) is 9.59 Å². The van der Waals surface area contributed by atoms with Gasteiger partial charge in [-0.3, -0.25) is 9.59 Å². The summed E-state index contributed by atoms with van der Waals surface area (Å²) in [5.74, 6) is 0.258. The second-order valence-electron chi connectivity index (χ2n) is 6.56. The SMILES string of the molecule is C=CCOc1ccc(/C=C/C(=O)N(C)CC(=O)Nc2cc(C)ccc2C)cc1. The van der Waals surface area contributed by atoms with Gasteiger partial charge in [0.15, 0.2) is 0 Å². The molecular formula is C23H26N2O3. The maximum atomic E-state index is 12.3. The zero-order chi connectivity index (χ0) is 20.5. The molecule has 0 aliphatic heterocycles. The van der Waals surface area contributed by atoms with Crippen LogP contribution in [0.1, 0.15) is 16.7 Å². The van der Waals surface area contributed by atoms with Crippen molar-refractivity contribution in [3.63, 3.8) is 0 Å². The first kappa shape index (κ1) is 21.0. The van der Waals surface area contributed by atoms with Crippen LogP contribution >= 0.6 is 0 Å². The Hall–Kier alpha value is -3.34. The highest BCUT2D eigenvalue weighted by molar-refractivity contribution is 5.98. The fourth-order valence-electron chi connectivity index (χ4n) is 2.48. The zero-order valence-electron chi connectivity index (χ0n) is 16.6. The van der Waals surface area contributed by atoms with Crippen LogP contribution in [0.5, 0.6) is 5.75 Å². The Morgan fingerprint density at radius 2 is 1.86 bits per heavy atom. The highest BCUT2D eigenvalue weighted by Crippen LogP contribution is 2.16. The number of benzene rings is 2. The molecule has 0 aliphatic rings. The number of anilines is 1. The van der Waals surface area contributed by atoms with E-state index in [0.717, 1.165) is 28.1 Å². The molecule has 0 atom stereocenters. The molecule has 0 bridgehead atoms. The molecule has 0 saturated heterocycles. The molecule has 5 nitrogen and oxygen atoms in total. The molecular weight excluding hydrogens is 352 g/mol. The molecule has 1 N–H and O–H groups in total. The summed E-state index contributed by atoms with van der Waals surface area (Å²) in [7, 11) is 1.60. The van der Waals surface area contributed by atoms with Crippen LogP contribution in [0.4, 0.5) is 5.69 Å². The van der Waals surface area contributed by atoms with Crippen LogP contribution in [0, 0.1) is 13.8 Å². The number of aryl methyl sites for hydroxylation is 2. The number of likely N-dealkylation sites (N-methyl/N-ethyl adjacent to an activating group) is 1. The van der Waals surface area contributed by atoms with E-state index >= 15 is 0 Å². The van der Waals surface area contributed by atoms with Gasteiger partial charge in [0.1, 0.15) is 12.4 Å². The van der Waals surface area contributed by atoms with Gasteiger partial charge in [0.05, 0.1) is 6.54 Å². The highest BCUT2D eigenvalue weighted by Gasteiger charge is 2.11. The number of hydrogen-bond donors (Lipinski definition) is 1. The van der Waals surface area contributed by atoms with Gasteiger partial charge in [-0.2, -0.15) is 0 Å². The molecule has 0 aromatic heterocycles. The van der Waals surface area contributed by atoms with Crippen molar-refractivity contribution >= 4 is 23.6 Å². The van der Waals surface area contributed by atoms with E-state index in [2.05, 4.69) is 11.9 Å². The van der Waals surface area contributed by atoms with Crippen molar-refractivity contribution in [1.82, 2.24) is 4.90 Å². The summed E-state index contributed by atoms with van der Waals surface area (Å²) >= 11 is 0. The van der Waals surface area contributed by atoms with Gasteiger partial charge in [-0.1, -0.05) is 36.9 Å². The summed E-state index contributed by atoms with van der Waals surface area (Å²) in [4.78, 5) is 25.9. The lowest BCUT2D eigenvalue weighted by Crippen LogP contribution is -2.34. The average molecular weight is 378 g/mol. The number of amides is 2. The minimum atomic E-state index is -0.247. The molecule has 0 aliphatic carbocycles. The quantitative estimate of drug-likeness (QED) is 0.558. The van der Waals surface area contributed by atoms with Gasteiger partial charge in [-0.05, 0) is 54.8 Å². The van der Waals surface area contributed by atoms with Crippen molar-refractivity contribution in [2.75, 3.05) is 25.5 Å². The molecule has 5 heteroatoms. The van der Waals surface area contributed by atoms with Crippen LogP contribution in [-0.4, -0.2) is 36.9 Å². The molecule has 146 valence electrons. The van der Waals surface area contributed by atoms with Crippen molar-refractivity contribution in [3.05, 3.63) is 77.9 Å². The average Bonchev–Trinajstić information content (AvgIpc) is 2.68. The Kier molecular flexibility index (Phi) is 7.57. The Morgan fingerprint density at radius 3 is 2.54 bits per heavy atom. The van der Waals surface area contributed by atoms with E-state index in [9.17, 15) is 9.59 Å². The number of nitrogens with one attached hydrogen (secondary N) is 1. The lowest BCUT2D eigenvalue weighted by Gasteiger charge is -2.16. The highest BCUT2D eigenvalue weighted by atomic mass is 16.5. The largest absolute Gasteiger partial charge is 0.490 e. The maximum absolute atomic E-state index is 12.3. The van der Waals surface area contributed by atoms with Crippen LogP contribution in [0.2, 0.25) is 0 Å². The first-order valence-electron chi connectivity index (χ1n) is 9.03. The predicted molar refractivity (Wildman–Crippen MR) is 113 cm³/mol. The molecule has 0 radical (unpaired) electrons. The number of hydrogen-bond acceptors (Lipinski definition) is 3. The van der Waals surface area contributed by atoms with Gasteiger partial charge < -0.3 is 15.0 Å². The van der Waals surface area contributed by atoms with Crippen LogP contribution in [0.3, 0.4) is 0 Å². The predicted octanol–water partition coefficient (Wildman–Crippen LogP) is 3.98. The third kappa shape index (κ3) is 6.43. The van der Waals surface area contributed by atoms with Crippen molar-refractivity contribution in [2.24, 2.45) is 0 Å². The van der Waals surface area contributed by atoms with Gasteiger partial charge in [0, 0.05) is 18.8 Å². The fourth-order valence-corrected chi connectivity index (χ4v) is 2.48. The second kappa shape index (κ2) is 10.1. The molecule has 2 aromatic carbocycles. The van der Waals surface area contributed by atoms with Crippen molar-refractivity contribution < 1.29 is 14.3 Å².